The zero-order valence-corrected chi connectivity index (χ0v) is 13.8. The van der Waals surface area contributed by atoms with E-state index in [1.54, 1.807) is 27.8 Å². The van der Waals surface area contributed by atoms with Crippen LogP contribution in [0.15, 0.2) is 28.7 Å². The molecule has 20 heavy (non-hydrogen) atoms. The molecule has 4 nitrogen and oxygen atoms in total. The zero-order chi connectivity index (χ0) is 15.5. The third-order valence-corrected chi connectivity index (χ3v) is 3.60. The molecule has 0 fully saturated rings. The summed E-state index contributed by atoms with van der Waals surface area (Å²) < 4.78 is 0.966. The van der Waals surface area contributed by atoms with E-state index in [0.717, 1.165) is 10.0 Å². The van der Waals surface area contributed by atoms with Crippen LogP contribution >= 0.6 is 15.9 Å². The molecule has 0 aliphatic carbocycles. The van der Waals surface area contributed by atoms with Gasteiger partial charge in [0.05, 0.1) is 0 Å². The van der Waals surface area contributed by atoms with E-state index in [-0.39, 0.29) is 5.91 Å². The summed E-state index contributed by atoms with van der Waals surface area (Å²) in [5, 5.41) is 9.28. The van der Waals surface area contributed by atoms with Gasteiger partial charge in [-0.25, -0.2) is 0 Å². The molecule has 0 saturated heterocycles. The predicted molar refractivity (Wildman–Crippen MR) is 81.2 cm³/mol. The Labute approximate surface area is 127 Å². The van der Waals surface area contributed by atoms with Crippen molar-refractivity contribution in [3.63, 3.8) is 0 Å². The second kappa shape index (κ2) is 6.39. The first-order valence-electron chi connectivity index (χ1n) is 6.35. The number of nitrogens with zero attached hydrogens (tertiary/aromatic N) is 1. The molecule has 110 valence electrons. The van der Waals surface area contributed by atoms with Crippen molar-refractivity contribution in [1.82, 2.24) is 4.90 Å². The lowest BCUT2D eigenvalue weighted by atomic mass is 9.80. The van der Waals surface area contributed by atoms with Gasteiger partial charge in [0.25, 0.3) is 0 Å². The van der Waals surface area contributed by atoms with Gasteiger partial charge < -0.3 is 10.0 Å². The number of carbonyl (C=O) groups excluding carboxylic acids is 1. The second-order valence-electron chi connectivity index (χ2n) is 5.96. The first-order valence-corrected chi connectivity index (χ1v) is 7.14. The Bertz CT molecular complexity index is 491. The van der Waals surface area contributed by atoms with Gasteiger partial charge in [0.2, 0.25) is 5.91 Å². The normalized spacial score (nSPS) is 12.8. The van der Waals surface area contributed by atoms with Gasteiger partial charge in [-0.15, -0.1) is 0 Å². The number of rotatable bonds is 4. The summed E-state index contributed by atoms with van der Waals surface area (Å²) in [5.74, 6) is -2.49. The Hall–Kier alpha value is -1.36. The smallest absolute Gasteiger partial charge is 0.316 e. The monoisotopic (exact) mass is 341 g/mol. The molecular formula is C15H20BrNO3. The molecule has 1 N–H and O–H groups in total. The summed E-state index contributed by atoms with van der Waals surface area (Å²) >= 11 is 3.35. The second-order valence-corrected chi connectivity index (χ2v) is 6.87. The van der Waals surface area contributed by atoms with Crippen LogP contribution in [0.5, 0.6) is 0 Å². The van der Waals surface area contributed by atoms with Crippen LogP contribution in [-0.2, 0) is 16.1 Å². The van der Waals surface area contributed by atoms with Crippen LogP contribution in [0.25, 0.3) is 0 Å². The van der Waals surface area contributed by atoms with Gasteiger partial charge in [0, 0.05) is 18.1 Å². The van der Waals surface area contributed by atoms with Gasteiger partial charge in [0.1, 0.15) is 5.92 Å². The first kappa shape index (κ1) is 16.7. The van der Waals surface area contributed by atoms with Crippen LogP contribution in [0.4, 0.5) is 0 Å². The number of amides is 1. The molecule has 1 aromatic carbocycles. The number of carboxylic acid groups (broad SMARTS) is 1. The fourth-order valence-electron chi connectivity index (χ4n) is 2.01. The van der Waals surface area contributed by atoms with Crippen molar-refractivity contribution >= 4 is 27.8 Å². The fraction of sp³-hybridized carbons (Fsp3) is 0.467. The Balaban J connectivity index is 2.85. The molecular weight excluding hydrogens is 322 g/mol. The number of hydrogen-bond donors (Lipinski definition) is 1. The largest absolute Gasteiger partial charge is 0.481 e. The van der Waals surface area contributed by atoms with Crippen molar-refractivity contribution < 1.29 is 14.7 Å². The number of carbonyl (C=O) groups is 2. The molecule has 1 rings (SSSR count). The van der Waals surface area contributed by atoms with E-state index in [1.165, 1.54) is 4.90 Å². The summed E-state index contributed by atoms with van der Waals surface area (Å²) in [5.41, 5.74) is 0.346. The van der Waals surface area contributed by atoms with E-state index in [2.05, 4.69) is 15.9 Å². The molecule has 0 radical (unpaired) electrons. The highest BCUT2D eigenvalue weighted by Crippen LogP contribution is 2.28. The van der Waals surface area contributed by atoms with Gasteiger partial charge in [-0.05, 0) is 23.1 Å². The number of hydrogen-bond acceptors (Lipinski definition) is 2. The summed E-state index contributed by atoms with van der Waals surface area (Å²) in [6.45, 7) is 5.68. The highest BCUT2D eigenvalue weighted by atomic mass is 79.9. The van der Waals surface area contributed by atoms with Crippen molar-refractivity contribution in [1.29, 1.82) is 0 Å². The van der Waals surface area contributed by atoms with Crippen LogP contribution in [-0.4, -0.2) is 28.9 Å². The molecule has 0 bridgehead atoms. The SMILES string of the molecule is CN(Cc1ccc(Br)cc1)C(=O)C(C(=O)O)C(C)(C)C. The topological polar surface area (TPSA) is 57.6 Å². The van der Waals surface area contributed by atoms with Crippen molar-refractivity contribution in [2.45, 2.75) is 27.3 Å². The fourth-order valence-corrected chi connectivity index (χ4v) is 2.27. The Morgan fingerprint density at radius 3 is 2.15 bits per heavy atom. The molecule has 1 unspecified atom stereocenters. The Morgan fingerprint density at radius 1 is 1.25 bits per heavy atom. The maximum atomic E-state index is 12.3. The zero-order valence-electron chi connectivity index (χ0n) is 12.2. The van der Waals surface area contributed by atoms with Gasteiger partial charge in [-0.1, -0.05) is 48.8 Å². The average molecular weight is 342 g/mol. The molecule has 5 heteroatoms. The highest BCUT2D eigenvalue weighted by molar-refractivity contribution is 9.10. The standard InChI is InChI=1S/C15H20BrNO3/c1-15(2,3)12(14(19)20)13(18)17(4)9-10-5-7-11(16)8-6-10/h5-8,12H,9H2,1-4H3,(H,19,20). The maximum Gasteiger partial charge on any atom is 0.316 e. The molecule has 0 heterocycles. The predicted octanol–water partition coefficient (Wildman–Crippen LogP) is 3.15. The molecule has 0 aliphatic rings. The maximum absolute atomic E-state index is 12.3. The van der Waals surface area contributed by atoms with Crippen LogP contribution in [0, 0.1) is 11.3 Å². The van der Waals surface area contributed by atoms with Crippen LogP contribution in [0.3, 0.4) is 0 Å². The molecule has 0 saturated carbocycles. The number of halogens is 1. The van der Waals surface area contributed by atoms with Crippen molar-refractivity contribution in [3.8, 4) is 0 Å². The van der Waals surface area contributed by atoms with Crippen molar-refractivity contribution in [2.24, 2.45) is 11.3 Å². The van der Waals surface area contributed by atoms with E-state index in [4.69, 9.17) is 0 Å². The third-order valence-electron chi connectivity index (χ3n) is 3.07. The first-order chi connectivity index (χ1) is 9.12. The highest BCUT2D eigenvalue weighted by Gasteiger charge is 2.39. The summed E-state index contributed by atoms with van der Waals surface area (Å²) in [7, 11) is 1.63. The number of benzene rings is 1. The molecule has 1 atom stereocenters. The number of aliphatic carboxylic acids is 1. The molecule has 0 aliphatic heterocycles. The molecule has 0 aromatic heterocycles. The minimum atomic E-state index is -1.08. The van der Waals surface area contributed by atoms with E-state index in [0.29, 0.717) is 6.54 Å². The lowest BCUT2D eigenvalue weighted by Gasteiger charge is -2.30. The summed E-state index contributed by atoms with van der Waals surface area (Å²) in [4.78, 5) is 25.1. The van der Waals surface area contributed by atoms with Gasteiger partial charge in [-0.2, -0.15) is 0 Å². The summed E-state index contributed by atoms with van der Waals surface area (Å²) in [6, 6.07) is 7.60. The van der Waals surface area contributed by atoms with Gasteiger partial charge in [-0.3, -0.25) is 9.59 Å². The number of carboxylic acids is 1. The molecule has 1 aromatic rings. The summed E-state index contributed by atoms with van der Waals surface area (Å²) in [6.07, 6.45) is 0. The van der Waals surface area contributed by atoms with Crippen molar-refractivity contribution in [2.75, 3.05) is 7.05 Å². The third kappa shape index (κ3) is 4.34. The van der Waals surface area contributed by atoms with Gasteiger partial charge in [0.15, 0.2) is 0 Å². The van der Waals surface area contributed by atoms with E-state index in [9.17, 15) is 14.7 Å². The van der Waals surface area contributed by atoms with Crippen LogP contribution < -0.4 is 0 Å². The Morgan fingerprint density at radius 2 is 1.75 bits per heavy atom. The molecule has 1 amide bonds. The van der Waals surface area contributed by atoms with E-state index >= 15 is 0 Å². The van der Waals surface area contributed by atoms with E-state index < -0.39 is 17.3 Å². The van der Waals surface area contributed by atoms with Crippen LogP contribution in [0.2, 0.25) is 0 Å². The average Bonchev–Trinajstić information content (AvgIpc) is 2.29. The quantitative estimate of drug-likeness (QED) is 0.855. The minimum Gasteiger partial charge on any atom is -0.481 e. The molecule has 0 spiro atoms. The van der Waals surface area contributed by atoms with Gasteiger partial charge >= 0.3 is 5.97 Å². The minimum absolute atomic E-state index is 0.368. The lowest BCUT2D eigenvalue weighted by Crippen LogP contribution is -2.43. The van der Waals surface area contributed by atoms with E-state index in [1.807, 2.05) is 24.3 Å². The Kier molecular flexibility index (Phi) is 5.34. The lowest BCUT2D eigenvalue weighted by molar-refractivity contribution is -0.155. The van der Waals surface area contributed by atoms with Crippen LogP contribution in [0.1, 0.15) is 26.3 Å². The van der Waals surface area contributed by atoms with Crippen molar-refractivity contribution in [3.05, 3.63) is 34.3 Å².